The Balaban J connectivity index is 0.000000404. The lowest BCUT2D eigenvalue weighted by Gasteiger charge is -2.36. The van der Waals surface area contributed by atoms with Crippen molar-refractivity contribution in [3.63, 3.8) is 0 Å². The van der Waals surface area contributed by atoms with Crippen LogP contribution in [0.3, 0.4) is 0 Å². The maximum atomic E-state index is 11.6. The number of carbonyl (C=O) groups excluding carboxylic acids is 1. The van der Waals surface area contributed by atoms with E-state index < -0.39 is 24.3 Å². The van der Waals surface area contributed by atoms with Crippen LogP contribution in [0.15, 0.2) is 12.4 Å². The molecule has 2 aliphatic heterocycles. The topological polar surface area (TPSA) is 128 Å². The Labute approximate surface area is 208 Å². The smallest absolute Gasteiger partial charge is 0.475 e. The highest BCUT2D eigenvalue weighted by atomic mass is 19.4. The second-order valence-corrected chi connectivity index (χ2v) is 8.40. The molecule has 0 aromatic carbocycles. The van der Waals surface area contributed by atoms with E-state index in [1.165, 1.54) is 0 Å². The summed E-state index contributed by atoms with van der Waals surface area (Å²) >= 11 is 0. The third-order valence-corrected chi connectivity index (χ3v) is 5.37. The molecule has 1 aromatic heterocycles. The van der Waals surface area contributed by atoms with Crippen LogP contribution < -0.4 is 0 Å². The summed E-state index contributed by atoms with van der Waals surface area (Å²) in [4.78, 5) is 40.4. The third-order valence-electron chi connectivity index (χ3n) is 5.37. The number of fused-ring (bicyclic) bond motifs is 1. The number of imidazole rings is 1. The number of nitrogens with zero attached hydrogens (tertiary/aromatic N) is 5. The Kier molecular flexibility index (Phi) is 11.8. The average Bonchev–Trinajstić information content (AvgIpc) is 3.36. The molecular formula is C20H29F6N5O6. The molecule has 11 nitrogen and oxygen atoms in total. The van der Waals surface area contributed by atoms with E-state index >= 15 is 0 Å². The minimum Gasteiger partial charge on any atom is -0.475 e. The van der Waals surface area contributed by atoms with Crippen molar-refractivity contribution in [1.29, 1.82) is 0 Å². The van der Waals surface area contributed by atoms with Gasteiger partial charge in [0.15, 0.2) is 0 Å². The highest BCUT2D eigenvalue weighted by Crippen LogP contribution is 2.25. The number of carboxylic acids is 2. The Bertz CT molecular complexity index is 883. The van der Waals surface area contributed by atoms with Crippen LogP contribution in [0.4, 0.5) is 26.3 Å². The van der Waals surface area contributed by atoms with E-state index in [0.29, 0.717) is 6.04 Å². The molecule has 0 saturated carbocycles. The summed E-state index contributed by atoms with van der Waals surface area (Å²) in [7, 11) is 5.57. The van der Waals surface area contributed by atoms with Crippen LogP contribution in [0.1, 0.15) is 12.2 Å². The summed E-state index contributed by atoms with van der Waals surface area (Å²) in [5.74, 6) is -4.37. The van der Waals surface area contributed by atoms with E-state index in [1.807, 2.05) is 19.4 Å². The molecule has 0 unspecified atom stereocenters. The number of carboxylic acid groups (broad SMARTS) is 2. The SMILES string of the molecule is CN(C)C(=O)CO[C@@H]1C[C@H]2CN(Cc3nccn3C)CCN2C1.O=C(O)C(F)(F)F.O=C(O)C(F)(F)F. The Hall–Kier alpha value is -2.92. The van der Waals surface area contributed by atoms with Crippen LogP contribution in [-0.4, -0.2) is 124 Å². The second kappa shape index (κ2) is 13.6. The Morgan fingerprint density at radius 1 is 1.05 bits per heavy atom. The van der Waals surface area contributed by atoms with Crippen molar-refractivity contribution in [3.8, 4) is 0 Å². The standard InChI is InChI=1S/C16H27N5O2.2C2HF3O2/c1-18(2)16(22)12-23-14-8-13-9-20(6-7-21(13)10-14)11-15-17-4-5-19(15)3;2*3-2(4,5)1(6)7/h4-5,13-14H,6-12H2,1-3H3;2*(H,6,7)/t13-,14+;;/m0../s1. The van der Waals surface area contributed by atoms with Gasteiger partial charge in [-0.1, -0.05) is 0 Å². The predicted molar refractivity (Wildman–Crippen MR) is 114 cm³/mol. The van der Waals surface area contributed by atoms with Crippen LogP contribution in [0.2, 0.25) is 0 Å². The number of piperazine rings is 1. The zero-order chi connectivity index (χ0) is 28.6. The largest absolute Gasteiger partial charge is 0.490 e. The predicted octanol–water partition coefficient (Wildman–Crippen LogP) is 1.05. The molecule has 2 fully saturated rings. The molecule has 37 heavy (non-hydrogen) atoms. The number of aliphatic carboxylic acids is 2. The lowest BCUT2D eigenvalue weighted by atomic mass is 10.1. The highest BCUT2D eigenvalue weighted by Gasteiger charge is 2.39. The van der Waals surface area contributed by atoms with E-state index in [1.54, 1.807) is 19.0 Å². The van der Waals surface area contributed by atoms with E-state index in [4.69, 9.17) is 24.5 Å². The molecule has 0 spiro atoms. The van der Waals surface area contributed by atoms with E-state index in [0.717, 1.165) is 45.0 Å². The third kappa shape index (κ3) is 11.3. The maximum Gasteiger partial charge on any atom is 0.490 e. The van der Waals surface area contributed by atoms with Gasteiger partial charge in [0.1, 0.15) is 12.4 Å². The number of hydrogen-bond acceptors (Lipinski definition) is 7. The van der Waals surface area contributed by atoms with Gasteiger partial charge in [0, 0.05) is 65.8 Å². The Morgan fingerprint density at radius 2 is 1.59 bits per heavy atom. The van der Waals surface area contributed by atoms with Gasteiger partial charge >= 0.3 is 24.3 Å². The van der Waals surface area contributed by atoms with Crippen molar-refractivity contribution in [2.45, 2.75) is 37.5 Å². The molecule has 2 atom stereocenters. The molecule has 2 N–H and O–H groups in total. The van der Waals surface area contributed by atoms with Crippen molar-refractivity contribution in [2.75, 3.05) is 46.9 Å². The minimum atomic E-state index is -5.08. The van der Waals surface area contributed by atoms with Gasteiger partial charge in [0.2, 0.25) is 5.91 Å². The van der Waals surface area contributed by atoms with Gasteiger partial charge in [-0.05, 0) is 6.42 Å². The van der Waals surface area contributed by atoms with E-state index in [9.17, 15) is 31.1 Å². The highest BCUT2D eigenvalue weighted by molar-refractivity contribution is 5.76. The number of likely N-dealkylation sites (N-methyl/N-ethyl adjacent to an activating group) is 1. The molecule has 17 heteroatoms. The summed E-state index contributed by atoms with van der Waals surface area (Å²) in [5, 5.41) is 14.2. The van der Waals surface area contributed by atoms with Gasteiger partial charge < -0.3 is 24.4 Å². The number of aryl methyl sites for hydroxylation is 1. The van der Waals surface area contributed by atoms with Crippen LogP contribution in [0.25, 0.3) is 0 Å². The number of hydrogen-bond donors (Lipinski definition) is 2. The maximum absolute atomic E-state index is 11.6. The number of carbonyl (C=O) groups is 3. The summed E-state index contributed by atoms with van der Waals surface area (Å²) in [6.07, 6.45) is -5.13. The number of ether oxygens (including phenoxy) is 1. The van der Waals surface area contributed by atoms with Crippen LogP contribution in [-0.2, 0) is 32.7 Å². The molecule has 1 aromatic rings. The van der Waals surface area contributed by atoms with Crippen LogP contribution in [0, 0.1) is 0 Å². The van der Waals surface area contributed by atoms with Gasteiger partial charge in [-0.3, -0.25) is 14.6 Å². The first-order valence-electron chi connectivity index (χ1n) is 10.8. The summed E-state index contributed by atoms with van der Waals surface area (Å²) in [6, 6.07) is 0.531. The first-order chi connectivity index (χ1) is 16.9. The van der Waals surface area contributed by atoms with Crippen molar-refractivity contribution in [2.24, 2.45) is 7.05 Å². The summed E-state index contributed by atoms with van der Waals surface area (Å²) < 4.78 is 71.4. The van der Waals surface area contributed by atoms with Crippen LogP contribution >= 0.6 is 0 Å². The van der Waals surface area contributed by atoms with Crippen molar-refractivity contribution in [1.82, 2.24) is 24.3 Å². The minimum absolute atomic E-state index is 0.0336. The molecule has 2 saturated heterocycles. The summed E-state index contributed by atoms with van der Waals surface area (Å²) in [6.45, 7) is 5.22. The van der Waals surface area contributed by atoms with Gasteiger partial charge in [-0.25, -0.2) is 14.6 Å². The fourth-order valence-corrected chi connectivity index (χ4v) is 3.39. The molecule has 3 heterocycles. The van der Waals surface area contributed by atoms with E-state index in [-0.39, 0.29) is 18.6 Å². The fourth-order valence-electron chi connectivity index (χ4n) is 3.39. The normalized spacial score (nSPS) is 20.1. The van der Waals surface area contributed by atoms with Gasteiger partial charge in [0.05, 0.1) is 12.6 Å². The van der Waals surface area contributed by atoms with Gasteiger partial charge in [0.25, 0.3) is 0 Å². The van der Waals surface area contributed by atoms with Gasteiger partial charge in [-0.15, -0.1) is 0 Å². The number of rotatable bonds is 5. The molecule has 0 aliphatic carbocycles. The number of alkyl halides is 6. The quantitative estimate of drug-likeness (QED) is 0.518. The van der Waals surface area contributed by atoms with Gasteiger partial charge in [-0.2, -0.15) is 26.3 Å². The molecule has 2 aliphatic rings. The van der Waals surface area contributed by atoms with E-state index in [2.05, 4.69) is 19.4 Å². The Morgan fingerprint density at radius 3 is 2.03 bits per heavy atom. The molecule has 0 radical (unpaired) electrons. The molecule has 1 amide bonds. The van der Waals surface area contributed by atoms with Crippen LogP contribution in [0.5, 0.6) is 0 Å². The molecule has 212 valence electrons. The lowest BCUT2D eigenvalue weighted by Crippen LogP contribution is -2.49. The average molecular weight is 549 g/mol. The van der Waals surface area contributed by atoms with Crippen molar-refractivity contribution < 1.29 is 55.7 Å². The van der Waals surface area contributed by atoms with Crippen molar-refractivity contribution in [3.05, 3.63) is 18.2 Å². The van der Waals surface area contributed by atoms with Crippen molar-refractivity contribution >= 4 is 17.8 Å². The molecular weight excluding hydrogens is 520 g/mol. The number of halogens is 6. The first kappa shape index (κ1) is 32.1. The fraction of sp³-hybridized carbons (Fsp3) is 0.700. The first-order valence-corrected chi connectivity index (χ1v) is 10.8. The number of aromatic nitrogens is 2. The lowest BCUT2D eigenvalue weighted by molar-refractivity contribution is -0.193. The molecule has 3 rings (SSSR count). The molecule has 0 bridgehead atoms. The monoisotopic (exact) mass is 549 g/mol. The second-order valence-electron chi connectivity index (χ2n) is 8.40. The number of amides is 1. The zero-order valence-corrected chi connectivity index (χ0v) is 20.3. The zero-order valence-electron chi connectivity index (χ0n) is 20.3. The summed E-state index contributed by atoms with van der Waals surface area (Å²) in [5.41, 5.74) is 0.